The smallest absolute Gasteiger partial charge is 0.234 e. The molecule has 3 rings (SSSR count). The summed E-state index contributed by atoms with van der Waals surface area (Å²) in [5, 5.41) is 3.04. The lowest BCUT2D eigenvalue weighted by Crippen LogP contribution is -2.37. The fourth-order valence-electron chi connectivity index (χ4n) is 2.34. The predicted molar refractivity (Wildman–Crippen MR) is 80.4 cm³/mol. The first-order chi connectivity index (χ1) is 10.3. The van der Waals surface area contributed by atoms with Gasteiger partial charge in [0.05, 0.1) is 19.4 Å². The van der Waals surface area contributed by atoms with E-state index in [2.05, 4.69) is 22.3 Å². The van der Waals surface area contributed by atoms with Gasteiger partial charge in [0.25, 0.3) is 0 Å². The SMILES string of the molecule is O=C(CN(Cc1ccccc1)Cc1ccco1)NC1CC1. The highest BCUT2D eigenvalue weighted by Crippen LogP contribution is 2.18. The third-order valence-electron chi connectivity index (χ3n) is 3.52. The van der Waals surface area contributed by atoms with Crippen molar-refractivity contribution in [2.45, 2.75) is 32.0 Å². The largest absolute Gasteiger partial charge is 0.468 e. The molecule has 1 fully saturated rings. The molecular formula is C17H20N2O2. The van der Waals surface area contributed by atoms with Crippen LogP contribution >= 0.6 is 0 Å². The Hall–Kier alpha value is -2.07. The van der Waals surface area contributed by atoms with Gasteiger partial charge >= 0.3 is 0 Å². The maximum Gasteiger partial charge on any atom is 0.234 e. The van der Waals surface area contributed by atoms with Crippen LogP contribution in [0.2, 0.25) is 0 Å². The number of amides is 1. The van der Waals surface area contributed by atoms with E-state index in [4.69, 9.17) is 4.42 Å². The first-order valence-electron chi connectivity index (χ1n) is 7.37. The molecule has 0 aliphatic heterocycles. The number of carbonyl (C=O) groups is 1. The Bertz CT molecular complexity index is 562. The lowest BCUT2D eigenvalue weighted by Gasteiger charge is -2.20. The number of nitrogens with one attached hydrogen (secondary N) is 1. The molecule has 21 heavy (non-hydrogen) atoms. The number of furan rings is 1. The molecule has 1 aliphatic carbocycles. The molecule has 1 N–H and O–H groups in total. The number of hydrogen-bond acceptors (Lipinski definition) is 3. The third kappa shape index (κ3) is 4.46. The quantitative estimate of drug-likeness (QED) is 0.850. The van der Waals surface area contributed by atoms with Crippen LogP contribution < -0.4 is 5.32 Å². The minimum atomic E-state index is 0.0972. The van der Waals surface area contributed by atoms with Crippen molar-refractivity contribution in [2.24, 2.45) is 0 Å². The Kier molecular flexibility index (Phi) is 4.36. The fourth-order valence-corrected chi connectivity index (χ4v) is 2.34. The molecule has 1 aromatic carbocycles. The number of benzene rings is 1. The minimum Gasteiger partial charge on any atom is -0.468 e. The Morgan fingerprint density at radius 1 is 1.14 bits per heavy atom. The molecule has 0 radical (unpaired) electrons. The molecule has 0 atom stereocenters. The van der Waals surface area contributed by atoms with Gasteiger partial charge in [0, 0.05) is 12.6 Å². The fraction of sp³-hybridized carbons (Fsp3) is 0.353. The highest BCUT2D eigenvalue weighted by atomic mass is 16.3. The molecule has 110 valence electrons. The normalized spacial score (nSPS) is 14.3. The molecule has 1 aromatic heterocycles. The summed E-state index contributed by atoms with van der Waals surface area (Å²) in [4.78, 5) is 14.1. The van der Waals surface area contributed by atoms with Crippen molar-refractivity contribution in [3.63, 3.8) is 0 Å². The summed E-state index contributed by atoms with van der Waals surface area (Å²) in [7, 11) is 0. The molecule has 0 bridgehead atoms. The van der Waals surface area contributed by atoms with Gasteiger partial charge in [0.1, 0.15) is 5.76 Å². The highest BCUT2D eigenvalue weighted by molar-refractivity contribution is 5.78. The van der Waals surface area contributed by atoms with Crippen molar-refractivity contribution in [2.75, 3.05) is 6.54 Å². The summed E-state index contributed by atoms with van der Waals surface area (Å²) in [5.74, 6) is 0.977. The predicted octanol–water partition coefficient (Wildman–Crippen LogP) is 2.56. The van der Waals surface area contributed by atoms with E-state index in [1.807, 2.05) is 30.3 Å². The van der Waals surface area contributed by atoms with E-state index in [0.29, 0.717) is 19.1 Å². The Balaban J connectivity index is 1.62. The van der Waals surface area contributed by atoms with Crippen LogP contribution in [0.15, 0.2) is 53.1 Å². The molecule has 2 aromatic rings. The number of rotatable bonds is 7. The lowest BCUT2D eigenvalue weighted by atomic mass is 10.2. The van der Waals surface area contributed by atoms with Crippen molar-refractivity contribution in [1.82, 2.24) is 10.2 Å². The van der Waals surface area contributed by atoms with Gasteiger partial charge in [-0.25, -0.2) is 0 Å². The van der Waals surface area contributed by atoms with Crippen molar-refractivity contribution >= 4 is 5.91 Å². The molecule has 0 saturated heterocycles. The van der Waals surface area contributed by atoms with Crippen molar-refractivity contribution in [3.05, 3.63) is 60.1 Å². The average molecular weight is 284 g/mol. The lowest BCUT2D eigenvalue weighted by molar-refractivity contribution is -0.122. The van der Waals surface area contributed by atoms with Crippen LogP contribution in [0.5, 0.6) is 0 Å². The minimum absolute atomic E-state index is 0.0972. The van der Waals surface area contributed by atoms with Crippen LogP contribution in [0, 0.1) is 0 Å². The van der Waals surface area contributed by atoms with Crippen LogP contribution in [0.25, 0.3) is 0 Å². The number of nitrogens with zero attached hydrogens (tertiary/aromatic N) is 1. The van der Waals surface area contributed by atoms with Crippen LogP contribution in [-0.2, 0) is 17.9 Å². The molecule has 0 unspecified atom stereocenters. The van der Waals surface area contributed by atoms with Crippen LogP contribution in [0.3, 0.4) is 0 Å². The molecule has 4 heteroatoms. The van der Waals surface area contributed by atoms with Gasteiger partial charge in [-0.15, -0.1) is 0 Å². The van der Waals surface area contributed by atoms with Gasteiger partial charge in [-0.1, -0.05) is 30.3 Å². The number of hydrogen-bond donors (Lipinski definition) is 1. The first kappa shape index (κ1) is 13.9. The maximum atomic E-state index is 12.0. The zero-order chi connectivity index (χ0) is 14.5. The van der Waals surface area contributed by atoms with E-state index in [1.165, 1.54) is 5.56 Å². The average Bonchev–Trinajstić information content (AvgIpc) is 3.13. The van der Waals surface area contributed by atoms with Gasteiger partial charge < -0.3 is 9.73 Å². The molecular weight excluding hydrogens is 264 g/mol. The first-order valence-corrected chi connectivity index (χ1v) is 7.37. The molecule has 1 heterocycles. The van der Waals surface area contributed by atoms with Crippen LogP contribution in [0.1, 0.15) is 24.2 Å². The Morgan fingerprint density at radius 3 is 2.62 bits per heavy atom. The molecule has 0 spiro atoms. The van der Waals surface area contributed by atoms with Crippen molar-refractivity contribution in [1.29, 1.82) is 0 Å². The van der Waals surface area contributed by atoms with Crippen molar-refractivity contribution < 1.29 is 9.21 Å². The summed E-state index contributed by atoms with van der Waals surface area (Å²) in [6.45, 7) is 1.77. The third-order valence-corrected chi connectivity index (χ3v) is 3.52. The second kappa shape index (κ2) is 6.59. The second-order valence-electron chi connectivity index (χ2n) is 5.55. The van der Waals surface area contributed by atoms with E-state index in [-0.39, 0.29) is 5.91 Å². The Labute approximate surface area is 124 Å². The van der Waals surface area contributed by atoms with Crippen LogP contribution in [0.4, 0.5) is 0 Å². The molecule has 1 amide bonds. The zero-order valence-electron chi connectivity index (χ0n) is 12.0. The van der Waals surface area contributed by atoms with Crippen LogP contribution in [-0.4, -0.2) is 23.4 Å². The monoisotopic (exact) mass is 284 g/mol. The standard InChI is InChI=1S/C17H20N2O2/c20-17(18-15-8-9-15)13-19(12-16-7-4-10-21-16)11-14-5-2-1-3-6-14/h1-7,10,15H,8-9,11-13H2,(H,18,20). The summed E-state index contributed by atoms with van der Waals surface area (Å²) in [6.07, 6.45) is 3.89. The van der Waals surface area contributed by atoms with Gasteiger partial charge in [-0.2, -0.15) is 0 Å². The van der Waals surface area contributed by atoms with E-state index in [1.54, 1.807) is 6.26 Å². The van der Waals surface area contributed by atoms with Gasteiger partial charge in [0.15, 0.2) is 0 Å². The summed E-state index contributed by atoms with van der Waals surface area (Å²) >= 11 is 0. The zero-order valence-corrected chi connectivity index (χ0v) is 12.0. The molecule has 1 saturated carbocycles. The molecule has 4 nitrogen and oxygen atoms in total. The van der Waals surface area contributed by atoms with E-state index in [0.717, 1.165) is 25.1 Å². The summed E-state index contributed by atoms with van der Waals surface area (Å²) in [5.41, 5.74) is 1.20. The maximum absolute atomic E-state index is 12.0. The van der Waals surface area contributed by atoms with E-state index in [9.17, 15) is 4.79 Å². The van der Waals surface area contributed by atoms with Gasteiger partial charge in [-0.05, 0) is 30.5 Å². The summed E-state index contributed by atoms with van der Waals surface area (Å²) in [6, 6.07) is 14.4. The highest BCUT2D eigenvalue weighted by Gasteiger charge is 2.24. The van der Waals surface area contributed by atoms with E-state index >= 15 is 0 Å². The topological polar surface area (TPSA) is 45.5 Å². The van der Waals surface area contributed by atoms with E-state index < -0.39 is 0 Å². The molecule has 1 aliphatic rings. The number of carbonyl (C=O) groups excluding carboxylic acids is 1. The summed E-state index contributed by atoms with van der Waals surface area (Å²) < 4.78 is 5.40. The Morgan fingerprint density at radius 2 is 1.95 bits per heavy atom. The second-order valence-corrected chi connectivity index (χ2v) is 5.55. The van der Waals surface area contributed by atoms with Crippen molar-refractivity contribution in [3.8, 4) is 0 Å². The van der Waals surface area contributed by atoms with Gasteiger partial charge in [-0.3, -0.25) is 9.69 Å². The van der Waals surface area contributed by atoms with Gasteiger partial charge in [0.2, 0.25) is 5.91 Å².